The Labute approximate surface area is 113 Å². The summed E-state index contributed by atoms with van der Waals surface area (Å²) in [5, 5.41) is 4.58. The van der Waals surface area contributed by atoms with Crippen LogP contribution in [-0.4, -0.2) is 35.6 Å². The molecule has 0 saturated carbocycles. The summed E-state index contributed by atoms with van der Waals surface area (Å²) in [5.41, 5.74) is 2.27. The van der Waals surface area contributed by atoms with Crippen molar-refractivity contribution < 1.29 is 4.39 Å². The van der Waals surface area contributed by atoms with Crippen molar-refractivity contribution in [2.75, 3.05) is 26.2 Å². The quantitative estimate of drug-likeness (QED) is 0.893. The minimum atomic E-state index is -0.167. The maximum absolute atomic E-state index is 13.3. The van der Waals surface area contributed by atoms with Crippen molar-refractivity contribution in [2.24, 2.45) is 7.05 Å². The van der Waals surface area contributed by atoms with Crippen LogP contribution < -0.4 is 5.32 Å². The summed E-state index contributed by atoms with van der Waals surface area (Å²) < 4.78 is 15.3. The summed E-state index contributed by atoms with van der Waals surface area (Å²) in [6.45, 7) is 5.32. The molecule has 1 saturated heterocycles. The second kappa shape index (κ2) is 5.31. The van der Waals surface area contributed by atoms with Crippen molar-refractivity contribution in [3.8, 4) is 0 Å². The number of halogens is 1. The highest BCUT2D eigenvalue weighted by Crippen LogP contribution is 2.23. The minimum absolute atomic E-state index is 0.167. The van der Waals surface area contributed by atoms with Gasteiger partial charge in [-0.3, -0.25) is 4.90 Å². The molecule has 3 rings (SSSR count). The van der Waals surface area contributed by atoms with E-state index in [4.69, 9.17) is 0 Å². The van der Waals surface area contributed by atoms with Crippen LogP contribution in [0.5, 0.6) is 0 Å². The van der Waals surface area contributed by atoms with Crippen LogP contribution in [-0.2, 0) is 13.6 Å². The van der Waals surface area contributed by atoms with Gasteiger partial charge >= 0.3 is 0 Å². The summed E-state index contributed by atoms with van der Waals surface area (Å²) in [6, 6.07) is 5.06. The van der Waals surface area contributed by atoms with Gasteiger partial charge in [0, 0.05) is 38.3 Å². The monoisotopic (exact) mass is 261 g/mol. The fourth-order valence-electron chi connectivity index (χ4n) is 2.87. The lowest BCUT2D eigenvalue weighted by Crippen LogP contribution is -2.27. The Hall–Kier alpha value is -1.39. The molecule has 1 fully saturated rings. The number of hydrogen-bond acceptors (Lipinski definition) is 2. The molecule has 2 aromatic rings. The summed E-state index contributed by atoms with van der Waals surface area (Å²) in [5.74, 6) is -0.167. The molecule has 1 aliphatic heterocycles. The highest BCUT2D eigenvalue weighted by Gasteiger charge is 2.13. The number of nitrogens with zero attached hydrogens (tertiary/aromatic N) is 2. The summed E-state index contributed by atoms with van der Waals surface area (Å²) in [4.78, 5) is 2.47. The van der Waals surface area contributed by atoms with Crippen LogP contribution in [0.15, 0.2) is 24.4 Å². The lowest BCUT2D eigenvalue weighted by Gasteiger charge is -2.18. The van der Waals surface area contributed by atoms with E-state index in [1.807, 2.05) is 17.7 Å². The van der Waals surface area contributed by atoms with Gasteiger partial charge in [0.15, 0.2) is 0 Å². The van der Waals surface area contributed by atoms with E-state index >= 15 is 0 Å². The van der Waals surface area contributed by atoms with Crippen LogP contribution in [0.4, 0.5) is 4.39 Å². The summed E-state index contributed by atoms with van der Waals surface area (Å²) >= 11 is 0. The number of rotatable bonds is 2. The maximum atomic E-state index is 13.3. The fourth-order valence-corrected chi connectivity index (χ4v) is 2.87. The predicted molar refractivity (Wildman–Crippen MR) is 75.6 cm³/mol. The Morgan fingerprint density at radius 2 is 2.16 bits per heavy atom. The Bertz CT molecular complexity index is 568. The first-order valence-electron chi connectivity index (χ1n) is 6.90. The highest BCUT2D eigenvalue weighted by molar-refractivity contribution is 5.83. The molecule has 0 bridgehead atoms. The molecule has 0 atom stereocenters. The van der Waals surface area contributed by atoms with E-state index in [-0.39, 0.29) is 5.82 Å². The van der Waals surface area contributed by atoms with Crippen LogP contribution in [0.25, 0.3) is 10.9 Å². The van der Waals surface area contributed by atoms with E-state index in [0.29, 0.717) is 0 Å². The first-order chi connectivity index (χ1) is 9.24. The molecule has 1 aliphatic rings. The molecule has 1 aromatic carbocycles. The van der Waals surface area contributed by atoms with E-state index in [9.17, 15) is 4.39 Å². The van der Waals surface area contributed by atoms with Gasteiger partial charge in [0.25, 0.3) is 0 Å². The van der Waals surface area contributed by atoms with Gasteiger partial charge in [0.05, 0.1) is 5.52 Å². The van der Waals surface area contributed by atoms with Crippen molar-refractivity contribution in [1.82, 2.24) is 14.8 Å². The number of benzene rings is 1. The standard InChI is InChI=1S/C15H20FN3/c1-18-10-12(11-19-7-2-5-17-6-8-19)14-4-3-13(16)9-15(14)18/h3-4,9-10,17H,2,5-8,11H2,1H3. The Balaban J connectivity index is 1.88. The second-order valence-electron chi connectivity index (χ2n) is 5.31. The minimum Gasteiger partial charge on any atom is -0.350 e. The van der Waals surface area contributed by atoms with E-state index in [1.54, 1.807) is 12.1 Å². The first kappa shape index (κ1) is 12.6. The molecular formula is C15H20FN3. The van der Waals surface area contributed by atoms with Crippen LogP contribution >= 0.6 is 0 Å². The zero-order valence-electron chi connectivity index (χ0n) is 11.3. The first-order valence-corrected chi connectivity index (χ1v) is 6.90. The molecule has 2 heterocycles. The van der Waals surface area contributed by atoms with Gasteiger partial charge in [-0.15, -0.1) is 0 Å². The molecule has 0 unspecified atom stereocenters. The molecular weight excluding hydrogens is 241 g/mol. The normalized spacial score (nSPS) is 17.8. The van der Waals surface area contributed by atoms with Crippen molar-refractivity contribution in [1.29, 1.82) is 0 Å². The zero-order chi connectivity index (χ0) is 13.2. The van der Waals surface area contributed by atoms with Crippen molar-refractivity contribution >= 4 is 10.9 Å². The zero-order valence-corrected chi connectivity index (χ0v) is 11.3. The number of hydrogen-bond donors (Lipinski definition) is 1. The van der Waals surface area contributed by atoms with Gasteiger partial charge in [-0.25, -0.2) is 4.39 Å². The van der Waals surface area contributed by atoms with E-state index in [0.717, 1.165) is 38.2 Å². The molecule has 0 amide bonds. The largest absolute Gasteiger partial charge is 0.350 e. The average Bonchev–Trinajstić information content (AvgIpc) is 2.58. The topological polar surface area (TPSA) is 20.2 Å². The van der Waals surface area contributed by atoms with Crippen molar-refractivity contribution in [3.05, 3.63) is 35.8 Å². The summed E-state index contributed by atoms with van der Waals surface area (Å²) in [7, 11) is 1.98. The molecule has 102 valence electrons. The SMILES string of the molecule is Cn1cc(CN2CCCNCC2)c2ccc(F)cc21. The molecule has 1 N–H and O–H groups in total. The molecule has 0 radical (unpaired) electrons. The smallest absolute Gasteiger partial charge is 0.125 e. The van der Waals surface area contributed by atoms with Crippen LogP contribution in [0.2, 0.25) is 0 Å². The number of nitrogens with one attached hydrogen (secondary N) is 1. The van der Waals surface area contributed by atoms with Crippen LogP contribution in [0.1, 0.15) is 12.0 Å². The Kier molecular flexibility index (Phi) is 3.53. The predicted octanol–water partition coefficient (Wildman–Crippen LogP) is 2.11. The van der Waals surface area contributed by atoms with Gasteiger partial charge in [-0.1, -0.05) is 0 Å². The number of aryl methyl sites for hydroxylation is 1. The molecule has 1 aromatic heterocycles. The maximum Gasteiger partial charge on any atom is 0.125 e. The van der Waals surface area contributed by atoms with Gasteiger partial charge in [-0.2, -0.15) is 0 Å². The number of aromatic nitrogens is 1. The molecule has 19 heavy (non-hydrogen) atoms. The second-order valence-corrected chi connectivity index (χ2v) is 5.31. The molecule has 3 nitrogen and oxygen atoms in total. The lowest BCUT2D eigenvalue weighted by atomic mass is 10.1. The molecule has 4 heteroatoms. The Morgan fingerprint density at radius 1 is 1.26 bits per heavy atom. The third kappa shape index (κ3) is 2.65. The van der Waals surface area contributed by atoms with E-state index < -0.39 is 0 Å². The number of fused-ring (bicyclic) bond motifs is 1. The lowest BCUT2D eigenvalue weighted by molar-refractivity contribution is 0.285. The van der Waals surface area contributed by atoms with E-state index in [1.165, 1.54) is 17.4 Å². The van der Waals surface area contributed by atoms with Crippen LogP contribution in [0.3, 0.4) is 0 Å². The van der Waals surface area contributed by atoms with Gasteiger partial charge < -0.3 is 9.88 Å². The van der Waals surface area contributed by atoms with Crippen molar-refractivity contribution in [2.45, 2.75) is 13.0 Å². The van der Waals surface area contributed by atoms with Gasteiger partial charge in [0.2, 0.25) is 0 Å². The van der Waals surface area contributed by atoms with Crippen molar-refractivity contribution in [3.63, 3.8) is 0 Å². The molecule has 0 aliphatic carbocycles. The van der Waals surface area contributed by atoms with Crippen LogP contribution in [0, 0.1) is 5.82 Å². The molecule has 0 spiro atoms. The third-order valence-corrected chi connectivity index (χ3v) is 3.86. The fraction of sp³-hybridized carbons (Fsp3) is 0.467. The third-order valence-electron chi connectivity index (χ3n) is 3.86. The van der Waals surface area contributed by atoms with Gasteiger partial charge in [-0.05, 0) is 43.3 Å². The Morgan fingerprint density at radius 3 is 3.05 bits per heavy atom. The summed E-state index contributed by atoms with van der Waals surface area (Å²) in [6.07, 6.45) is 3.32. The average molecular weight is 261 g/mol. The van der Waals surface area contributed by atoms with E-state index in [2.05, 4.69) is 16.4 Å². The van der Waals surface area contributed by atoms with Gasteiger partial charge in [0.1, 0.15) is 5.82 Å². The highest BCUT2D eigenvalue weighted by atomic mass is 19.1.